The lowest BCUT2D eigenvalue weighted by atomic mass is 9.98. The summed E-state index contributed by atoms with van der Waals surface area (Å²) < 4.78 is 0. The maximum atomic E-state index is 11.2. The quantitative estimate of drug-likeness (QED) is 0.692. The van der Waals surface area contributed by atoms with Gasteiger partial charge in [0.2, 0.25) is 0 Å². The third-order valence-electron chi connectivity index (χ3n) is 2.14. The average Bonchev–Trinajstić information content (AvgIpc) is 1.98. The van der Waals surface area contributed by atoms with E-state index in [2.05, 4.69) is 31.4 Å². The first kappa shape index (κ1) is 12.3. The molecule has 13 heavy (non-hydrogen) atoms. The Balaban J connectivity index is 3.58. The third kappa shape index (κ3) is 6.43. The Kier molecular flexibility index (Phi) is 5.51. The molecule has 0 radical (unpaired) electrons. The molecule has 0 aliphatic rings. The van der Waals surface area contributed by atoms with Crippen LogP contribution in [0.2, 0.25) is 0 Å². The second kappa shape index (κ2) is 5.84. The largest absolute Gasteiger partial charge is 0.338 e. The summed E-state index contributed by atoms with van der Waals surface area (Å²) in [6.45, 7) is 11.1. The molecule has 3 heteroatoms. The fraction of sp³-hybridized carbons (Fsp3) is 0.900. The molecule has 0 spiro atoms. The van der Waals surface area contributed by atoms with Crippen molar-refractivity contribution in [3.63, 3.8) is 0 Å². The van der Waals surface area contributed by atoms with Crippen LogP contribution in [0, 0.1) is 11.8 Å². The predicted octanol–water partition coefficient (Wildman–Crippen LogP) is 1.99. The maximum absolute atomic E-state index is 11.2. The van der Waals surface area contributed by atoms with Crippen molar-refractivity contribution in [3.05, 3.63) is 0 Å². The number of rotatable bonds is 4. The van der Waals surface area contributed by atoms with Gasteiger partial charge < -0.3 is 10.6 Å². The minimum atomic E-state index is -0.0671. The monoisotopic (exact) mass is 186 g/mol. The van der Waals surface area contributed by atoms with Crippen LogP contribution in [-0.2, 0) is 0 Å². The van der Waals surface area contributed by atoms with E-state index in [0.717, 1.165) is 6.54 Å². The molecular formula is C10H22N2O. The summed E-state index contributed by atoms with van der Waals surface area (Å²) in [6.07, 6.45) is 0. The summed E-state index contributed by atoms with van der Waals surface area (Å²) in [5.41, 5.74) is 0. The Labute approximate surface area is 81.3 Å². The van der Waals surface area contributed by atoms with Gasteiger partial charge >= 0.3 is 6.03 Å². The topological polar surface area (TPSA) is 41.1 Å². The van der Waals surface area contributed by atoms with E-state index >= 15 is 0 Å². The van der Waals surface area contributed by atoms with Crippen LogP contribution in [0.15, 0.2) is 0 Å². The van der Waals surface area contributed by atoms with Gasteiger partial charge in [-0.1, -0.05) is 20.8 Å². The number of amides is 2. The van der Waals surface area contributed by atoms with Crippen molar-refractivity contribution in [2.24, 2.45) is 11.8 Å². The zero-order valence-corrected chi connectivity index (χ0v) is 9.35. The smallest absolute Gasteiger partial charge is 0.314 e. The Morgan fingerprint density at radius 1 is 1.15 bits per heavy atom. The SMILES string of the molecule is CC(C)NC(=O)NCC(C)C(C)C. The third-order valence-corrected chi connectivity index (χ3v) is 2.14. The van der Waals surface area contributed by atoms with Gasteiger partial charge in [-0.3, -0.25) is 0 Å². The minimum absolute atomic E-state index is 0.0671. The zero-order valence-electron chi connectivity index (χ0n) is 9.35. The first-order valence-electron chi connectivity index (χ1n) is 4.97. The highest BCUT2D eigenvalue weighted by molar-refractivity contribution is 5.74. The summed E-state index contributed by atoms with van der Waals surface area (Å²) in [6, 6.07) is 0.136. The number of nitrogens with one attached hydrogen (secondary N) is 2. The molecule has 0 fully saturated rings. The lowest BCUT2D eigenvalue weighted by Crippen LogP contribution is -2.41. The van der Waals surface area contributed by atoms with E-state index in [1.54, 1.807) is 0 Å². The van der Waals surface area contributed by atoms with Crippen molar-refractivity contribution >= 4 is 6.03 Å². The van der Waals surface area contributed by atoms with Gasteiger partial charge in [0.05, 0.1) is 0 Å². The highest BCUT2D eigenvalue weighted by Crippen LogP contribution is 2.07. The van der Waals surface area contributed by atoms with E-state index < -0.39 is 0 Å². The van der Waals surface area contributed by atoms with Gasteiger partial charge in [-0.25, -0.2) is 4.79 Å². The molecular weight excluding hydrogens is 164 g/mol. The van der Waals surface area contributed by atoms with E-state index in [1.807, 2.05) is 13.8 Å². The highest BCUT2D eigenvalue weighted by Gasteiger charge is 2.08. The molecule has 0 saturated heterocycles. The Morgan fingerprint density at radius 2 is 1.69 bits per heavy atom. The molecule has 0 aromatic heterocycles. The zero-order chi connectivity index (χ0) is 10.4. The molecule has 0 aliphatic heterocycles. The second-order valence-electron chi connectivity index (χ2n) is 4.23. The van der Waals surface area contributed by atoms with E-state index in [0.29, 0.717) is 11.8 Å². The Hall–Kier alpha value is -0.730. The average molecular weight is 186 g/mol. The van der Waals surface area contributed by atoms with Crippen molar-refractivity contribution in [1.82, 2.24) is 10.6 Å². The fourth-order valence-electron chi connectivity index (χ4n) is 0.803. The van der Waals surface area contributed by atoms with Gasteiger partial charge in [-0.05, 0) is 25.7 Å². The number of hydrogen-bond acceptors (Lipinski definition) is 1. The van der Waals surface area contributed by atoms with Crippen LogP contribution in [0.5, 0.6) is 0 Å². The lowest BCUT2D eigenvalue weighted by Gasteiger charge is -2.17. The van der Waals surface area contributed by atoms with E-state index in [4.69, 9.17) is 0 Å². The first-order chi connectivity index (χ1) is 5.93. The van der Waals surface area contributed by atoms with Crippen molar-refractivity contribution in [2.45, 2.75) is 40.7 Å². The molecule has 0 aliphatic carbocycles. The maximum Gasteiger partial charge on any atom is 0.314 e. The van der Waals surface area contributed by atoms with Crippen LogP contribution in [-0.4, -0.2) is 18.6 Å². The molecule has 2 amide bonds. The van der Waals surface area contributed by atoms with Crippen molar-refractivity contribution < 1.29 is 4.79 Å². The van der Waals surface area contributed by atoms with Gasteiger partial charge in [-0.15, -0.1) is 0 Å². The van der Waals surface area contributed by atoms with Crippen LogP contribution >= 0.6 is 0 Å². The van der Waals surface area contributed by atoms with E-state index in [-0.39, 0.29) is 12.1 Å². The van der Waals surface area contributed by atoms with Gasteiger partial charge in [-0.2, -0.15) is 0 Å². The molecule has 78 valence electrons. The summed E-state index contributed by atoms with van der Waals surface area (Å²) in [4.78, 5) is 11.2. The molecule has 0 heterocycles. The van der Waals surface area contributed by atoms with Crippen molar-refractivity contribution in [3.8, 4) is 0 Å². The molecule has 0 aromatic carbocycles. The molecule has 0 rings (SSSR count). The van der Waals surface area contributed by atoms with Crippen LogP contribution in [0.25, 0.3) is 0 Å². The number of hydrogen-bond donors (Lipinski definition) is 2. The summed E-state index contributed by atoms with van der Waals surface area (Å²) in [5.74, 6) is 1.14. The van der Waals surface area contributed by atoms with Crippen LogP contribution in [0.1, 0.15) is 34.6 Å². The standard InChI is InChI=1S/C10H22N2O/c1-7(2)9(5)6-11-10(13)12-8(3)4/h7-9H,6H2,1-5H3,(H2,11,12,13). The molecule has 0 bridgehead atoms. The van der Waals surface area contributed by atoms with E-state index in [1.165, 1.54) is 0 Å². The van der Waals surface area contributed by atoms with Gasteiger partial charge in [0.1, 0.15) is 0 Å². The van der Waals surface area contributed by atoms with Gasteiger partial charge in [0.15, 0.2) is 0 Å². The van der Waals surface area contributed by atoms with Crippen LogP contribution in [0.3, 0.4) is 0 Å². The van der Waals surface area contributed by atoms with Crippen molar-refractivity contribution in [1.29, 1.82) is 0 Å². The normalized spacial score (nSPS) is 13.2. The summed E-state index contributed by atoms with van der Waals surface area (Å²) in [5, 5.41) is 5.63. The molecule has 3 nitrogen and oxygen atoms in total. The lowest BCUT2D eigenvalue weighted by molar-refractivity contribution is 0.235. The summed E-state index contributed by atoms with van der Waals surface area (Å²) in [7, 11) is 0. The number of urea groups is 1. The molecule has 1 atom stereocenters. The minimum Gasteiger partial charge on any atom is -0.338 e. The van der Waals surface area contributed by atoms with Crippen LogP contribution < -0.4 is 10.6 Å². The first-order valence-corrected chi connectivity index (χ1v) is 4.97. The Bertz CT molecular complexity index is 155. The number of carbonyl (C=O) groups excluding carboxylic acids is 1. The molecule has 0 aromatic rings. The fourth-order valence-corrected chi connectivity index (χ4v) is 0.803. The van der Waals surface area contributed by atoms with Crippen molar-refractivity contribution in [2.75, 3.05) is 6.54 Å². The van der Waals surface area contributed by atoms with Crippen LogP contribution in [0.4, 0.5) is 4.79 Å². The molecule has 1 unspecified atom stereocenters. The second-order valence-corrected chi connectivity index (χ2v) is 4.23. The Morgan fingerprint density at radius 3 is 2.08 bits per heavy atom. The number of carbonyl (C=O) groups is 1. The highest BCUT2D eigenvalue weighted by atomic mass is 16.2. The molecule has 2 N–H and O–H groups in total. The molecule has 0 saturated carbocycles. The summed E-state index contributed by atoms with van der Waals surface area (Å²) >= 11 is 0. The van der Waals surface area contributed by atoms with E-state index in [9.17, 15) is 4.79 Å². The van der Waals surface area contributed by atoms with Gasteiger partial charge in [0.25, 0.3) is 0 Å². The van der Waals surface area contributed by atoms with Gasteiger partial charge in [0, 0.05) is 12.6 Å². The predicted molar refractivity (Wildman–Crippen MR) is 55.7 cm³/mol.